The number of halogens is 2. The molecule has 1 aliphatic carbocycles. The third kappa shape index (κ3) is 5.29. The predicted octanol–water partition coefficient (Wildman–Crippen LogP) is 5.27. The Labute approximate surface area is 210 Å². The smallest absolute Gasteiger partial charge is 0.241 e. The minimum atomic E-state index is 0.0731. The third-order valence-corrected chi connectivity index (χ3v) is 7.82. The molecule has 2 fully saturated rings. The van der Waals surface area contributed by atoms with Crippen LogP contribution >= 0.6 is 23.2 Å². The summed E-state index contributed by atoms with van der Waals surface area (Å²) in [6.45, 7) is 1.72. The number of nitrogens with zero attached hydrogens (tertiary/aromatic N) is 3. The second-order valence-corrected chi connectivity index (χ2v) is 10.1. The third-order valence-electron chi connectivity index (χ3n) is 7.09. The summed E-state index contributed by atoms with van der Waals surface area (Å²) in [5.74, 6) is 1.33. The highest BCUT2D eigenvalue weighted by atomic mass is 35.5. The lowest BCUT2D eigenvalue weighted by Gasteiger charge is -2.31. The number of anilines is 1. The highest BCUT2D eigenvalue weighted by Crippen LogP contribution is 2.33. The van der Waals surface area contributed by atoms with Crippen molar-refractivity contribution in [3.05, 3.63) is 64.4 Å². The Morgan fingerprint density at radius 3 is 2.53 bits per heavy atom. The van der Waals surface area contributed by atoms with Crippen LogP contribution in [0.5, 0.6) is 0 Å². The zero-order valence-corrected chi connectivity index (χ0v) is 20.5. The van der Waals surface area contributed by atoms with Gasteiger partial charge in [-0.05, 0) is 55.7 Å². The van der Waals surface area contributed by atoms with Crippen molar-refractivity contribution in [1.82, 2.24) is 20.2 Å². The van der Waals surface area contributed by atoms with E-state index in [-0.39, 0.29) is 12.5 Å². The monoisotopic (exact) mass is 497 g/mol. The van der Waals surface area contributed by atoms with E-state index in [9.17, 15) is 4.79 Å². The molecule has 34 heavy (non-hydrogen) atoms. The Morgan fingerprint density at radius 1 is 0.971 bits per heavy atom. The Kier molecular flexibility index (Phi) is 7.18. The molecule has 2 N–H and O–H groups in total. The van der Waals surface area contributed by atoms with Crippen molar-refractivity contribution >= 4 is 45.8 Å². The molecular weight excluding hydrogens is 469 g/mol. The molecule has 8 heteroatoms. The van der Waals surface area contributed by atoms with Gasteiger partial charge in [-0.1, -0.05) is 53.5 Å². The average molecular weight is 498 g/mol. The molecule has 2 heterocycles. The van der Waals surface area contributed by atoms with Crippen molar-refractivity contribution in [3.8, 4) is 0 Å². The normalized spacial score (nSPS) is 22.8. The van der Waals surface area contributed by atoms with Gasteiger partial charge >= 0.3 is 0 Å². The van der Waals surface area contributed by atoms with E-state index in [4.69, 9.17) is 23.2 Å². The Morgan fingerprint density at radius 2 is 1.74 bits per heavy atom. The van der Waals surface area contributed by atoms with E-state index in [0.29, 0.717) is 39.4 Å². The molecule has 6 nitrogen and oxygen atoms in total. The lowest BCUT2D eigenvalue weighted by molar-refractivity contribution is -0.128. The predicted molar refractivity (Wildman–Crippen MR) is 138 cm³/mol. The van der Waals surface area contributed by atoms with Crippen LogP contribution in [0.2, 0.25) is 10.0 Å². The van der Waals surface area contributed by atoms with Gasteiger partial charge in [-0.2, -0.15) is 0 Å². The van der Waals surface area contributed by atoms with Crippen LogP contribution in [0.3, 0.4) is 0 Å². The highest BCUT2D eigenvalue weighted by molar-refractivity contribution is 6.42. The van der Waals surface area contributed by atoms with Crippen molar-refractivity contribution in [2.45, 2.75) is 50.1 Å². The molecule has 0 bridgehead atoms. The average Bonchev–Trinajstić information content (AvgIpc) is 3.33. The summed E-state index contributed by atoms with van der Waals surface area (Å²) < 4.78 is 0. The SMILES string of the molecule is O=C(CNc1ncnc2cc(Cl)c(Cl)cc12)N1CC[C@@H](NC2CCC(c3ccccc3)CC2)C1. The van der Waals surface area contributed by atoms with Gasteiger partial charge in [0.25, 0.3) is 0 Å². The highest BCUT2D eigenvalue weighted by Gasteiger charge is 2.29. The first kappa shape index (κ1) is 23.3. The maximum absolute atomic E-state index is 12.9. The van der Waals surface area contributed by atoms with Crippen LogP contribution in [0.1, 0.15) is 43.6 Å². The van der Waals surface area contributed by atoms with Crippen LogP contribution in [0.25, 0.3) is 10.9 Å². The second-order valence-electron chi connectivity index (χ2n) is 9.31. The molecule has 3 aromatic rings. The fraction of sp³-hybridized carbons (Fsp3) is 0.423. The lowest BCUT2D eigenvalue weighted by atomic mass is 9.81. The van der Waals surface area contributed by atoms with Crippen LogP contribution in [0.4, 0.5) is 5.82 Å². The molecule has 1 saturated carbocycles. The van der Waals surface area contributed by atoms with Gasteiger partial charge in [0, 0.05) is 30.6 Å². The maximum Gasteiger partial charge on any atom is 0.241 e. The Bertz CT molecular complexity index is 1150. The summed E-state index contributed by atoms with van der Waals surface area (Å²) in [5, 5.41) is 8.61. The molecule has 1 amide bonds. The lowest BCUT2D eigenvalue weighted by Crippen LogP contribution is -2.43. The summed E-state index contributed by atoms with van der Waals surface area (Å²) >= 11 is 12.3. The second kappa shape index (κ2) is 10.5. The quantitative estimate of drug-likeness (QED) is 0.485. The molecule has 1 atom stereocenters. The van der Waals surface area contributed by atoms with E-state index >= 15 is 0 Å². The number of carbonyl (C=O) groups excluding carboxylic acids is 1. The van der Waals surface area contributed by atoms with E-state index in [1.54, 1.807) is 12.1 Å². The number of fused-ring (bicyclic) bond motifs is 1. The van der Waals surface area contributed by atoms with E-state index in [1.165, 1.54) is 37.6 Å². The molecule has 178 valence electrons. The molecule has 1 aromatic heterocycles. The molecule has 0 unspecified atom stereocenters. The van der Waals surface area contributed by atoms with Gasteiger partial charge in [0.1, 0.15) is 12.1 Å². The van der Waals surface area contributed by atoms with Gasteiger partial charge in [-0.3, -0.25) is 4.79 Å². The van der Waals surface area contributed by atoms with Crippen LogP contribution in [-0.4, -0.2) is 52.5 Å². The number of rotatable bonds is 6. The number of aromatic nitrogens is 2. The standard InChI is InChI=1S/C26H29Cl2N5O/c27-22-12-21-24(13-23(22)28)30-16-31-26(21)29-14-25(34)33-11-10-20(15-33)32-19-8-6-18(7-9-19)17-4-2-1-3-5-17/h1-5,12-13,16,18-20,32H,6-11,14-15H2,(H,29,30,31)/t18?,19?,20-/m1/s1. The number of benzene rings is 2. The fourth-order valence-electron chi connectivity index (χ4n) is 5.24. The molecule has 2 aromatic carbocycles. The van der Waals surface area contributed by atoms with Crippen molar-refractivity contribution in [2.75, 3.05) is 25.0 Å². The molecule has 0 radical (unpaired) electrons. The zero-order chi connectivity index (χ0) is 23.5. The topological polar surface area (TPSA) is 70.2 Å². The van der Waals surface area contributed by atoms with Gasteiger partial charge in [-0.25, -0.2) is 9.97 Å². The van der Waals surface area contributed by atoms with Gasteiger partial charge in [0.05, 0.1) is 22.1 Å². The van der Waals surface area contributed by atoms with Crippen LogP contribution in [0, 0.1) is 0 Å². The van der Waals surface area contributed by atoms with Gasteiger partial charge in [0.2, 0.25) is 5.91 Å². The number of hydrogen-bond acceptors (Lipinski definition) is 5. The molecule has 1 aliphatic heterocycles. The van der Waals surface area contributed by atoms with Crippen LogP contribution in [0.15, 0.2) is 48.8 Å². The summed E-state index contributed by atoms with van der Waals surface area (Å²) in [5.41, 5.74) is 2.15. The van der Waals surface area contributed by atoms with Gasteiger partial charge in [0.15, 0.2) is 0 Å². The summed E-state index contributed by atoms with van der Waals surface area (Å²) in [6.07, 6.45) is 7.29. The van der Waals surface area contributed by atoms with Gasteiger partial charge in [-0.15, -0.1) is 0 Å². The summed E-state index contributed by atoms with van der Waals surface area (Å²) in [7, 11) is 0. The first-order valence-corrected chi connectivity index (χ1v) is 12.7. The molecular formula is C26H29Cl2N5O. The van der Waals surface area contributed by atoms with E-state index < -0.39 is 0 Å². The van der Waals surface area contributed by atoms with E-state index in [2.05, 4.69) is 50.9 Å². The first-order chi connectivity index (χ1) is 16.6. The number of carbonyl (C=O) groups is 1. The molecule has 0 spiro atoms. The van der Waals surface area contributed by atoms with E-state index in [0.717, 1.165) is 24.9 Å². The number of amides is 1. The zero-order valence-electron chi connectivity index (χ0n) is 19.0. The molecule has 5 rings (SSSR count). The van der Waals surface area contributed by atoms with Gasteiger partial charge < -0.3 is 15.5 Å². The largest absolute Gasteiger partial charge is 0.360 e. The van der Waals surface area contributed by atoms with Crippen molar-refractivity contribution < 1.29 is 4.79 Å². The van der Waals surface area contributed by atoms with Crippen LogP contribution in [-0.2, 0) is 4.79 Å². The molecule has 1 saturated heterocycles. The Hall–Kier alpha value is -2.41. The maximum atomic E-state index is 12.9. The first-order valence-electron chi connectivity index (χ1n) is 12.0. The minimum Gasteiger partial charge on any atom is -0.360 e. The molecule has 2 aliphatic rings. The number of hydrogen-bond donors (Lipinski definition) is 2. The minimum absolute atomic E-state index is 0.0731. The number of likely N-dealkylation sites (tertiary alicyclic amines) is 1. The van der Waals surface area contributed by atoms with Crippen molar-refractivity contribution in [1.29, 1.82) is 0 Å². The van der Waals surface area contributed by atoms with E-state index in [1.807, 2.05) is 4.90 Å². The van der Waals surface area contributed by atoms with Crippen molar-refractivity contribution in [3.63, 3.8) is 0 Å². The van der Waals surface area contributed by atoms with Crippen LogP contribution < -0.4 is 10.6 Å². The Balaban J connectivity index is 1.10. The number of nitrogens with one attached hydrogen (secondary N) is 2. The summed E-state index contributed by atoms with van der Waals surface area (Å²) in [6, 6.07) is 15.2. The summed E-state index contributed by atoms with van der Waals surface area (Å²) in [4.78, 5) is 23.3. The fourth-order valence-corrected chi connectivity index (χ4v) is 5.56. The van der Waals surface area contributed by atoms with Crippen molar-refractivity contribution in [2.24, 2.45) is 0 Å².